The Morgan fingerprint density at radius 1 is 1.19 bits per heavy atom. The van der Waals surface area contributed by atoms with E-state index in [0.717, 1.165) is 11.1 Å². The summed E-state index contributed by atoms with van der Waals surface area (Å²) in [5.74, 6) is 0. The molecule has 3 heteroatoms. The first-order chi connectivity index (χ1) is 7.59. The van der Waals surface area contributed by atoms with E-state index in [1.807, 2.05) is 6.07 Å². The minimum absolute atomic E-state index is 0.173. The zero-order valence-corrected chi connectivity index (χ0v) is 11.5. The smallest absolute Gasteiger partial charge is 0.173 e. The van der Waals surface area contributed by atoms with Crippen molar-refractivity contribution in [1.82, 2.24) is 0 Å². The molecule has 0 fully saturated rings. The van der Waals surface area contributed by atoms with Gasteiger partial charge in [0.1, 0.15) is 0 Å². The van der Waals surface area contributed by atoms with Crippen LogP contribution in [0.2, 0.25) is 0 Å². The van der Waals surface area contributed by atoms with Crippen molar-refractivity contribution >= 4 is 27.5 Å². The van der Waals surface area contributed by atoms with Gasteiger partial charge >= 0.3 is 0 Å². The molecule has 0 amide bonds. The molecule has 0 aliphatic rings. The number of halogens is 2. The van der Waals surface area contributed by atoms with Gasteiger partial charge < -0.3 is 4.42 Å². The molecule has 2 aromatic rings. The van der Waals surface area contributed by atoms with Gasteiger partial charge in [-0.15, -0.1) is 11.6 Å². The molecule has 1 unspecified atom stereocenters. The molecule has 0 aliphatic carbocycles. The topological polar surface area (TPSA) is 13.1 Å². The average Bonchev–Trinajstić information content (AvgIpc) is 2.67. The number of alkyl halides is 1. The van der Waals surface area contributed by atoms with E-state index in [-0.39, 0.29) is 5.38 Å². The Bertz CT molecular complexity index is 504. The number of hydrogen-bond donors (Lipinski definition) is 0. The largest absolute Gasteiger partial charge is 0.457 e. The Morgan fingerprint density at radius 3 is 2.56 bits per heavy atom. The first-order valence-corrected chi connectivity index (χ1v) is 6.26. The lowest BCUT2D eigenvalue weighted by Gasteiger charge is -2.12. The number of furan rings is 1. The van der Waals surface area contributed by atoms with Gasteiger partial charge in [-0.25, -0.2) is 0 Å². The first-order valence-electron chi connectivity index (χ1n) is 5.03. The third kappa shape index (κ3) is 2.18. The van der Waals surface area contributed by atoms with Gasteiger partial charge in [0, 0.05) is 5.56 Å². The molecule has 0 saturated heterocycles. The van der Waals surface area contributed by atoms with Crippen molar-refractivity contribution in [3.05, 3.63) is 57.5 Å². The number of rotatable bonds is 2. The van der Waals surface area contributed by atoms with Crippen LogP contribution in [0.5, 0.6) is 0 Å². The van der Waals surface area contributed by atoms with Gasteiger partial charge in [-0.1, -0.05) is 23.8 Å². The van der Waals surface area contributed by atoms with Gasteiger partial charge in [0.05, 0.1) is 11.6 Å². The van der Waals surface area contributed by atoms with E-state index in [2.05, 4.69) is 48.0 Å². The molecule has 0 spiro atoms. The summed E-state index contributed by atoms with van der Waals surface area (Å²) in [4.78, 5) is 0. The van der Waals surface area contributed by atoms with E-state index in [1.54, 1.807) is 6.26 Å². The van der Waals surface area contributed by atoms with Crippen molar-refractivity contribution in [3.63, 3.8) is 0 Å². The number of benzene rings is 1. The van der Waals surface area contributed by atoms with Crippen molar-refractivity contribution in [2.24, 2.45) is 0 Å². The van der Waals surface area contributed by atoms with Crippen LogP contribution >= 0.6 is 27.5 Å². The molecule has 1 heterocycles. The fourth-order valence-corrected chi connectivity index (χ4v) is 2.69. The maximum atomic E-state index is 6.47. The molecule has 0 aliphatic heterocycles. The summed E-state index contributed by atoms with van der Waals surface area (Å²) >= 11 is 9.82. The molecule has 16 heavy (non-hydrogen) atoms. The Morgan fingerprint density at radius 2 is 1.94 bits per heavy atom. The summed E-state index contributed by atoms with van der Waals surface area (Å²) in [5, 5.41) is -0.173. The van der Waals surface area contributed by atoms with Crippen LogP contribution in [0.3, 0.4) is 0 Å². The maximum absolute atomic E-state index is 6.47. The van der Waals surface area contributed by atoms with Crippen molar-refractivity contribution in [1.29, 1.82) is 0 Å². The van der Waals surface area contributed by atoms with Gasteiger partial charge in [0.25, 0.3) is 0 Å². The van der Waals surface area contributed by atoms with Crippen molar-refractivity contribution < 1.29 is 4.42 Å². The highest BCUT2D eigenvalue weighted by Gasteiger charge is 2.17. The third-order valence-electron chi connectivity index (χ3n) is 2.63. The minimum Gasteiger partial charge on any atom is -0.457 e. The monoisotopic (exact) mass is 298 g/mol. The van der Waals surface area contributed by atoms with Crippen LogP contribution in [-0.2, 0) is 0 Å². The van der Waals surface area contributed by atoms with Crippen molar-refractivity contribution in [3.8, 4) is 0 Å². The predicted octanol–water partition coefficient (Wildman–Crippen LogP) is 4.99. The number of hydrogen-bond acceptors (Lipinski definition) is 1. The summed E-state index contributed by atoms with van der Waals surface area (Å²) in [6.07, 6.45) is 1.64. The summed E-state index contributed by atoms with van der Waals surface area (Å²) < 4.78 is 5.91. The van der Waals surface area contributed by atoms with Gasteiger partial charge in [0.15, 0.2) is 4.67 Å². The lowest BCUT2D eigenvalue weighted by atomic mass is 10.00. The maximum Gasteiger partial charge on any atom is 0.173 e. The molecule has 84 valence electrons. The Hall–Kier alpha value is -0.730. The highest BCUT2D eigenvalue weighted by atomic mass is 79.9. The van der Waals surface area contributed by atoms with Gasteiger partial charge in [-0.3, -0.25) is 0 Å². The van der Waals surface area contributed by atoms with Crippen LogP contribution < -0.4 is 0 Å². The van der Waals surface area contributed by atoms with Gasteiger partial charge in [0.2, 0.25) is 0 Å². The Balaban J connectivity index is 2.45. The quantitative estimate of drug-likeness (QED) is 0.712. The molecule has 1 aromatic carbocycles. The second-order valence-electron chi connectivity index (χ2n) is 3.87. The van der Waals surface area contributed by atoms with Crippen LogP contribution in [0.1, 0.15) is 27.6 Å². The zero-order valence-electron chi connectivity index (χ0n) is 9.13. The summed E-state index contributed by atoms with van der Waals surface area (Å²) in [7, 11) is 0. The summed E-state index contributed by atoms with van der Waals surface area (Å²) in [6, 6.07) is 8.19. The first kappa shape index (κ1) is 11.7. The second kappa shape index (κ2) is 4.64. The third-order valence-corrected chi connectivity index (χ3v) is 3.74. The molecule has 2 rings (SSSR count). The van der Waals surface area contributed by atoms with E-state index < -0.39 is 0 Å². The van der Waals surface area contributed by atoms with Crippen molar-refractivity contribution in [2.75, 3.05) is 0 Å². The van der Waals surface area contributed by atoms with Crippen LogP contribution in [0, 0.1) is 13.8 Å². The fourth-order valence-electron chi connectivity index (χ4n) is 1.69. The number of aryl methyl sites for hydroxylation is 2. The molecule has 0 bridgehead atoms. The Kier molecular flexibility index (Phi) is 3.41. The van der Waals surface area contributed by atoms with Crippen LogP contribution in [0.15, 0.2) is 39.6 Å². The van der Waals surface area contributed by atoms with Gasteiger partial charge in [-0.05, 0) is 47.0 Å². The van der Waals surface area contributed by atoms with Crippen LogP contribution in [0.25, 0.3) is 0 Å². The van der Waals surface area contributed by atoms with E-state index in [4.69, 9.17) is 16.0 Å². The summed E-state index contributed by atoms with van der Waals surface area (Å²) in [6.45, 7) is 4.13. The Labute approximate surface area is 109 Å². The molecule has 1 atom stereocenters. The predicted molar refractivity (Wildman–Crippen MR) is 70.0 cm³/mol. The SMILES string of the molecule is Cc1ccc(C)c(C(Cl)c2ccoc2Br)c1. The standard InChI is InChI=1S/C13H12BrClO/c1-8-3-4-9(2)11(7-8)12(15)10-5-6-16-13(10)14/h3-7,12H,1-2H3. The van der Waals surface area contributed by atoms with Crippen LogP contribution in [0.4, 0.5) is 0 Å². The average molecular weight is 300 g/mol. The lowest BCUT2D eigenvalue weighted by Crippen LogP contribution is -1.96. The second-order valence-corrected chi connectivity index (χ2v) is 5.03. The molecular formula is C13H12BrClO. The zero-order chi connectivity index (χ0) is 11.7. The van der Waals surface area contributed by atoms with E-state index in [0.29, 0.717) is 4.67 Å². The normalized spacial score (nSPS) is 12.8. The highest BCUT2D eigenvalue weighted by molar-refractivity contribution is 9.10. The van der Waals surface area contributed by atoms with E-state index in [1.165, 1.54) is 11.1 Å². The molecule has 0 N–H and O–H groups in total. The lowest BCUT2D eigenvalue weighted by molar-refractivity contribution is 0.537. The molecular weight excluding hydrogens is 287 g/mol. The van der Waals surface area contributed by atoms with Crippen molar-refractivity contribution in [2.45, 2.75) is 19.2 Å². The molecule has 0 saturated carbocycles. The molecule has 1 nitrogen and oxygen atoms in total. The van der Waals surface area contributed by atoms with Crippen LogP contribution in [-0.4, -0.2) is 0 Å². The molecule has 1 aromatic heterocycles. The van der Waals surface area contributed by atoms with Gasteiger partial charge in [-0.2, -0.15) is 0 Å². The fraction of sp³-hybridized carbons (Fsp3) is 0.231. The summed E-state index contributed by atoms with van der Waals surface area (Å²) in [5.41, 5.74) is 4.50. The molecule has 0 radical (unpaired) electrons. The van der Waals surface area contributed by atoms with E-state index >= 15 is 0 Å². The highest BCUT2D eigenvalue weighted by Crippen LogP contribution is 2.36. The van der Waals surface area contributed by atoms with E-state index in [9.17, 15) is 0 Å². The minimum atomic E-state index is -0.173.